The molecule has 11 heteroatoms. The number of amides is 1. The number of carbonyl (C=O) groups is 1. The average molecular weight is 576 g/mol. The molecule has 0 bridgehead atoms. The minimum atomic E-state index is -2.59. The van der Waals surface area contributed by atoms with Crippen molar-refractivity contribution in [3.63, 3.8) is 0 Å². The number of nitrogens with one attached hydrogen (secondary N) is 1. The van der Waals surface area contributed by atoms with Crippen molar-refractivity contribution in [2.75, 3.05) is 5.32 Å². The highest BCUT2D eigenvalue weighted by Gasteiger charge is 2.54. The van der Waals surface area contributed by atoms with Gasteiger partial charge in [0.25, 0.3) is 5.91 Å². The van der Waals surface area contributed by atoms with E-state index in [-0.39, 0.29) is 34.8 Å². The molecular weight excluding hydrogens is 541 g/mol. The predicted molar refractivity (Wildman–Crippen MR) is 154 cm³/mol. The summed E-state index contributed by atoms with van der Waals surface area (Å²) in [7, 11) is 0. The topological polar surface area (TPSA) is 91.7 Å². The smallest absolute Gasteiger partial charge is 0.351 e. The van der Waals surface area contributed by atoms with Crippen LogP contribution in [0, 0.1) is 5.92 Å². The van der Waals surface area contributed by atoms with Crippen LogP contribution in [0.1, 0.15) is 69.5 Å². The summed E-state index contributed by atoms with van der Waals surface area (Å²) in [6, 6.07) is 10.4. The lowest BCUT2D eigenvalue weighted by molar-refractivity contribution is -0.0186. The molecule has 1 saturated carbocycles. The summed E-state index contributed by atoms with van der Waals surface area (Å²) < 4.78 is 20.7. The van der Waals surface area contributed by atoms with E-state index in [1.165, 1.54) is 10.1 Å². The highest BCUT2D eigenvalue weighted by Crippen LogP contribution is 2.76. The molecule has 0 unspecified atom stereocenters. The summed E-state index contributed by atoms with van der Waals surface area (Å²) in [5, 5.41) is 2.67. The van der Waals surface area contributed by atoms with Crippen molar-refractivity contribution < 1.29 is 18.6 Å². The fraction of sp³-hybridized carbons (Fsp3) is 0.519. The molecule has 1 amide bonds. The average Bonchev–Trinajstić information content (AvgIpc) is 3.39. The fourth-order valence-corrected chi connectivity index (χ4v) is 13.0. The zero-order chi connectivity index (χ0) is 27.1. The van der Waals surface area contributed by atoms with Gasteiger partial charge in [-0.2, -0.15) is 4.98 Å². The molecule has 3 fully saturated rings. The number of hydrogen-bond acceptors (Lipinski definition) is 8. The van der Waals surface area contributed by atoms with Crippen LogP contribution in [0.3, 0.4) is 0 Å². The van der Waals surface area contributed by atoms with E-state index in [0.717, 1.165) is 19.3 Å². The third-order valence-corrected chi connectivity index (χ3v) is 13.5. The molecule has 2 saturated heterocycles. The number of anilines is 1. The van der Waals surface area contributed by atoms with Crippen LogP contribution in [0.5, 0.6) is 0 Å². The van der Waals surface area contributed by atoms with Gasteiger partial charge in [0.2, 0.25) is 5.69 Å². The standard InChI is InChI=1S/C27H34N3O5PS2/c1-5-20-21(34-36(37)35-22-15-19(17(2)3)11-13-27(22,4)38-36)16-24(33-20)30-14-12-23(29-26(30)32)28-25(31)18-9-7-6-8-10-18/h6-10,12,14,19-22,24H,2,5,11,13,15-16H2,1,3-4H3,(H,28,29,31,32)/t19-,20-,21+,22+,24-,27+,36-/m1/s1. The minimum Gasteiger partial charge on any atom is -0.352 e. The summed E-state index contributed by atoms with van der Waals surface area (Å²) in [6.07, 6.45) is 4.84. The number of aromatic nitrogens is 2. The van der Waals surface area contributed by atoms with E-state index in [2.05, 4.69) is 30.7 Å². The summed E-state index contributed by atoms with van der Waals surface area (Å²) in [5.41, 5.74) is -1.41. The maximum atomic E-state index is 12.9. The second kappa shape index (κ2) is 11.0. The molecule has 1 aliphatic carbocycles. The Balaban J connectivity index is 1.26. The van der Waals surface area contributed by atoms with Crippen molar-refractivity contribution in [2.45, 2.75) is 82.2 Å². The quantitative estimate of drug-likeness (QED) is 0.314. The highest BCUT2D eigenvalue weighted by molar-refractivity contribution is 8.68. The Hall–Kier alpha value is -1.81. The normalized spacial score (nSPS) is 34.6. The van der Waals surface area contributed by atoms with Gasteiger partial charge in [-0.3, -0.25) is 9.36 Å². The van der Waals surface area contributed by atoms with Crippen molar-refractivity contribution in [2.24, 2.45) is 5.92 Å². The molecule has 1 N–H and O–H groups in total. The van der Waals surface area contributed by atoms with Gasteiger partial charge in [-0.1, -0.05) is 48.7 Å². The molecule has 2 aromatic rings. The lowest BCUT2D eigenvalue weighted by atomic mass is 9.77. The summed E-state index contributed by atoms with van der Waals surface area (Å²) in [6.45, 7) is 10.5. The van der Waals surface area contributed by atoms with Crippen molar-refractivity contribution in [3.8, 4) is 0 Å². The van der Waals surface area contributed by atoms with E-state index in [1.807, 2.05) is 13.0 Å². The second-order valence-electron chi connectivity index (χ2n) is 10.5. The summed E-state index contributed by atoms with van der Waals surface area (Å²) in [5.74, 6) is 0.315. The van der Waals surface area contributed by atoms with Gasteiger partial charge >= 0.3 is 5.69 Å². The zero-order valence-electron chi connectivity index (χ0n) is 21.9. The number of ether oxygens (including phenoxy) is 1. The van der Waals surface area contributed by atoms with Gasteiger partial charge in [0.05, 0.1) is 18.3 Å². The van der Waals surface area contributed by atoms with Crippen LogP contribution >= 0.6 is 17.1 Å². The van der Waals surface area contributed by atoms with Gasteiger partial charge in [-0.15, -0.1) is 0 Å². The van der Waals surface area contributed by atoms with Gasteiger partial charge in [0.15, 0.2) is 0 Å². The summed E-state index contributed by atoms with van der Waals surface area (Å²) >= 11 is 7.70. The fourth-order valence-electron chi connectivity index (χ4n) is 5.42. The number of nitrogens with zero attached hydrogens (tertiary/aromatic N) is 2. The van der Waals surface area contributed by atoms with Crippen LogP contribution in [0.4, 0.5) is 5.82 Å². The zero-order valence-corrected chi connectivity index (χ0v) is 24.4. The van der Waals surface area contributed by atoms with E-state index in [4.69, 9.17) is 25.6 Å². The number of fused-ring (bicyclic) bond motifs is 1. The third kappa shape index (κ3) is 5.71. The van der Waals surface area contributed by atoms with Crippen molar-refractivity contribution in [1.29, 1.82) is 0 Å². The van der Waals surface area contributed by atoms with Gasteiger partial charge in [0.1, 0.15) is 12.0 Å². The minimum absolute atomic E-state index is 0.0527. The molecular formula is C27H34N3O5PS2. The number of hydrogen-bond donors (Lipinski definition) is 1. The second-order valence-corrected chi connectivity index (χ2v) is 17.1. The molecule has 0 spiro atoms. The molecule has 0 radical (unpaired) electrons. The first-order valence-corrected chi connectivity index (χ1v) is 17.1. The molecule has 204 valence electrons. The Morgan fingerprint density at radius 3 is 2.79 bits per heavy atom. The number of benzene rings is 1. The van der Waals surface area contributed by atoms with E-state index in [9.17, 15) is 9.59 Å². The molecule has 8 nitrogen and oxygen atoms in total. The number of carbonyl (C=O) groups excluding carboxylic acids is 1. The van der Waals surface area contributed by atoms with E-state index in [0.29, 0.717) is 24.3 Å². The first-order chi connectivity index (χ1) is 18.1. The van der Waals surface area contributed by atoms with Gasteiger partial charge in [0, 0.05) is 22.9 Å². The maximum absolute atomic E-state index is 12.9. The monoisotopic (exact) mass is 575 g/mol. The highest BCUT2D eigenvalue weighted by atomic mass is 32.9. The summed E-state index contributed by atoms with van der Waals surface area (Å²) in [4.78, 5) is 29.4. The van der Waals surface area contributed by atoms with Gasteiger partial charge in [-0.05, 0) is 75.5 Å². The van der Waals surface area contributed by atoms with Gasteiger partial charge < -0.3 is 19.1 Å². The molecule has 7 atom stereocenters. The van der Waals surface area contributed by atoms with E-state index < -0.39 is 17.6 Å². The first-order valence-electron chi connectivity index (χ1n) is 13.0. The lowest BCUT2D eigenvalue weighted by Gasteiger charge is -2.37. The van der Waals surface area contributed by atoms with Crippen molar-refractivity contribution >= 4 is 40.6 Å². The van der Waals surface area contributed by atoms with Gasteiger partial charge in [-0.25, -0.2) is 4.79 Å². The third-order valence-electron chi connectivity index (χ3n) is 7.71. The largest absolute Gasteiger partial charge is 0.352 e. The Labute approximate surface area is 232 Å². The Bertz CT molecular complexity index is 1320. The Kier molecular flexibility index (Phi) is 8.02. The van der Waals surface area contributed by atoms with Crippen LogP contribution in [-0.4, -0.2) is 38.5 Å². The number of rotatable bonds is 7. The van der Waals surface area contributed by atoms with Crippen LogP contribution in [-0.2, 0) is 25.6 Å². The Morgan fingerprint density at radius 2 is 2.11 bits per heavy atom. The molecule has 3 heterocycles. The van der Waals surface area contributed by atoms with Crippen molar-refractivity contribution in [3.05, 3.63) is 70.8 Å². The lowest BCUT2D eigenvalue weighted by Crippen LogP contribution is -2.39. The van der Waals surface area contributed by atoms with Crippen LogP contribution < -0.4 is 11.0 Å². The molecule has 38 heavy (non-hydrogen) atoms. The van der Waals surface area contributed by atoms with Crippen molar-refractivity contribution in [1.82, 2.24) is 9.55 Å². The molecule has 2 aliphatic heterocycles. The molecule has 1 aromatic heterocycles. The van der Waals surface area contributed by atoms with E-state index in [1.54, 1.807) is 47.9 Å². The SMILES string of the molecule is C=C(C)[C@@H]1CC[C@]2(C)S[P@](=S)(O[C@H]3C[C@H](n4ccc(NC(=O)c5ccccc5)nc4=O)O[C@@H]3CC)O[C@H]2C1. The molecule has 5 rings (SSSR count). The molecule has 3 aliphatic rings. The van der Waals surface area contributed by atoms with Crippen LogP contribution in [0.25, 0.3) is 0 Å². The number of allylic oxidation sites excluding steroid dienone is 1. The first kappa shape index (κ1) is 27.7. The van der Waals surface area contributed by atoms with Crippen LogP contribution in [0.2, 0.25) is 0 Å². The maximum Gasteiger partial charge on any atom is 0.351 e. The predicted octanol–water partition coefficient (Wildman–Crippen LogP) is 6.07. The molecule has 1 aromatic carbocycles. The van der Waals surface area contributed by atoms with Crippen LogP contribution in [0.15, 0.2) is 59.5 Å². The van der Waals surface area contributed by atoms with E-state index >= 15 is 0 Å². The Morgan fingerprint density at radius 1 is 1.34 bits per heavy atom.